The monoisotopic (exact) mass is 181 g/mol. The van der Waals surface area contributed by atoms with Crippen molar-refractivity contribution < 1.29 is 4.79 Å². The highest BCUT2D eigenvalue weighted by Gasteiger charge is 2.28. The number of hydrogen-bond donors (Lipinski definition) is 1. The Kier molecular flexibility index (Phi) is 2.87. The lowest BCUT2D eigenvalue weighted by Gasteiger charge is -2.21. The molecule has 1 N–H and O–H groups in total. The lowest BCUT2D eigenvalue weighted by atomic mass is 9.91. The van der Waals surface area contributed by atoms with E-state index in [-0.39, 0.29) is 5.91 Å². The Bertz CT molecular complexity index is 183. The van der Waals surface area contributed by atoms with Crippen LogP contribution in [0.2, 0.25) is 0 Å². The Hall–Kier alpha value is -0.530. The lowest BCUT2D eigenvalue weighted by Crippen LogP contribution is -2.32. The van der Waals surface area contributed by atoms with Crippen LogP contribution in [0.15, 0.2) is 0 Å². The minimum atomic E-state index is 0.272. The molecule has 2 fully saturated rings. The molecule has 0 aromatic heterocycles. The van der Waals surface area contributed by atoms with Crippen molar-refractivity contribution in [3.05, 3.63) is 0 Å². The van der Waals surface area contributed by atoms with Crippen molar-refractivity contribution in [2.45, 2.75) is 57.4 Å². The van der Waals surface area contributed by atoms with Crippen LogP contribution >= 0.6 is 0 Å². The third-order valence-electron chi connectivity index (χ3n) is 3.50. The molecule has 2 nitrogen and oxygen atoms in total. The van der Waals surface area contributed by atoms with E-state index in [1.165, 1.54) is 38.5 Å². The third-order valence-corrected chi connectivity index (χ3v) is 3.50. The van der Waals surface area contributed by atoms with Crippen LogP contribution < -0.4 is 5.32 Å². The molecule has 1 heterocycles. The summed E-state index contributed by atoms with van der Waals surface area (Å²) >= 11 is 0. The molecule has 74 valence electrons. The summed E-state index contributed by atoms with van der Waals surface area (Å²) in [6.07, 6.45) is 10.1. The van der Waals surface area contributed by atoms with Crippen LogP contribution in [0.3, 0.4) is 0 Å². The molecule has 2 aliphatic rings. The minimum absolute atomic E-state index is 0.272. The maximum Gasteiger partial charge on any atom is 0.220 e. The van der Waals surface area contributed by atoms with Gasteiger partial charge < -0.3 is 5.32 Å². The van der Waals surface area contributed by atoms with Gasteiger partial charge in [0.25, 0.3) is 0 Å². The Balaban J connectivity index is 1.87. The fourth-order valence-corrected chi connectivity index (χ4v) is 2.70. The summed E-state index contributed by atoms with van der Waals surface area (Å²) in [4.78, 5) is 11.1. The van der Waals surface area contributed by atoms with E-state index in [0.717, 1.165) is 18.8 Å². The lowest BCUT2D eigenvalue weighted by molar-refractivity contribution is -0.119. The summed E-state index contributed by atoms with van der Waals surface area (Å²) in [5.74, 6) is 1.06. The van der Waals surface area contributed by atoms with Crippen LogP contribution in [0.1, 0.15) is 51.4 Å². The second-order valence-electron chi connectivity index (χ2n) is 4.46. The standard InChI is InChI=1S/C11H19NO/c13-11-8-7-10(12-11)9-5-3-1-2-4-6-9/h9-10H,1-8H2,(H,12,13). The Morgan fingerprint density at radius 3 is 2.23 bits per heavy atom. The molecule has 0 bridgehead atoms. The van der Waals surface area contributed by atoms with E-state index in [9.17, 15) is 4.79 Å². The first-order valence-electron chi connectivity index (χ1n) is 5.65. The van der Waals surface area contributed by atoms with Gasteiger partial charge >= 0.3 is 0 Å². The molecule has 1 amide bonds. The summed E-state index contributed by atoms with van der Waals surface area (Å²) in [6.45, 7) is 0. The van der Waals surface area contributed by atoms with Gasteiger partial charge in [0.2, 0.25) is 5.91 Å². The van der Waals surface area contributed by atoms with E-state index in [1.54, 1.807) is 0 Å². The van der Waals surface area contributed by atoms with Crippen LogP contribution in [0.4, 0.5) is 0 Å². The summed E-state index contributed by atoms with van der Waals surface area (Å²) in [6, 6.07) is 0.519. The van der Waals surface area contributed by atoms with Gasteiger partial charge in [0.15, 0.2) is 0 Å². The van der Waals surface area contributed by atoms with Gasteiger partial charge in [-0.1, -0.05) is 25.7 Å². The summed E-state index contributed by atoms with van der Waals surface area (Å²) in [5, 5.41) is 3.11. The highest BCUT2D eigenvalue weighted by atomic mass is 16.1. The summed E-state index contributed by atoms with van der Waals surface area (Å²) in [5.41, 5.74) is 0. The molecule has 2 rings (SSSR count). The summed E-state index contributed by atoms with van der Waals surface area (Å²) in [7, 11) is 0. The SMILES string of the molecule is O=C1CCC(C2CCCCCC2)N1. The zero-order valence-corrected chi connectivity index (χ0v) is 8.22. The fourth-order valence-electron chi connectivity index (χ4n) is 2.70. The molecule has 1 atom stereocenters. The van der Waals surface area contributed by atoms with E-state index >= 15 is 0 Å². The van der Waals surface area contributed by atoms with E-state index in [4.69, 9.17) is 0 Å². The van der Waals surface area contributed by atoms with Crippen LogP contribution in [0.5, 0.6) is 0 Å². The van der Waals surface area contributed by atoms with Gasteiger partial charge in [-0.15, -0.1) is 0 Å². The van der Waals surface area contributed by atoms with Crippen molar-refractivity contribution in [1.29, 1.82) is 0 Å². The third kappa shape index (κ3) is 2.23. The number of carbonyl (C=O) groups is 1. The molecule has 0 spiro atoms. The Morgan fingerprint density at radius 2 is 1.69 bits per heavy atom. The second kappa shape index (κ2) is 4.12. The van der Waals surface area contributed by atoms with Crippen LogP contribution in [0.25, 0.3) is 0 Å². The Labute approximate surface area is 80.1 Å². The molecule has 1 aliphatic carbocycles. The van der Waals surface area contributed by atoms with Gasteiger partial charge in [0.1, 0.15) is 0 Å². The van der Waals surface area contributed by atoms with E-state index < -0.39 is 0 Å². The number of rotatable bonds is 1. The minimum Gasteiger partial charge on any atom is -0.353 e. The number of carbonyl (C=O) groups excluding carboxylic acids is 1. The van der Waals surface area contributed by atoms with Crippen molar-refractivity contribution in [3.63, 3.8) is 0 Å². The largest absolute Gasteiger partial charge is 0.353 e. The predicted octanol–water partition coefficient (Wildman–Crippen LogP) is 2.24. The van der Waals surface area contributed by atoms with Gasteiger partial charge in [-0.3, -0.25) is 4.79 Å². The van der Waals surface area contributed by atoms with E-state index in [1.807, 2.05) is 0 Å². The first kappa shape index (κ1) is 9.04. The van der Waals surface area contributed by atoms with Crippen molar-refractivity contribution in [2.75, 3.05) is 0 Å². The normalized spacial score (nSPS) is 31.4. The predicted molar refractivity (Wildman–Crippen MR) is 52.4 cm³/mol. The van der Waals surface area contributed by atoms with Gasteiger partial charge in [-0.2, -0.15) is 0 Å². The Morgan fingerprint density at radius 1 is 1.00 bits per heavy atom. The molecule has 1 aliphatic heterocycles. The molecule has 1 saturated carbocycles. The van der Waals surface area contributed by atoms with Crippen molar-refractivity contribution >= 4 is 5.91 Å². The maximum absolute atomic E-state index is 11.1. The van der Waals surface area contributed by atoms with Gasteiger partial charge in [0.05, 0.1) is 0 Å². The smallest absolute Gasteiger partial charge is 0.220 e. The maximum atomic E-state index is 11.1. The molecule has 0 aromatic rings. The quantitative estimate of drug-likeness (QED) is 0.617. The molecule has 2 heteroatoms. The number of hydrogen-bond acceptors (Lipinski definition) is 1. The van der Waals surface area contributed by atoms with E-state index in [2.05, 4.69) is 5.32 Å². The first-order valence-corrected chi connectivity index (χ1v) is 5.65. The molecule has 1 unspecified atom stereocenters. The van der Waals surface area contributed by atoms with Gasteiger partial charge in [0, 0.05) is 12.5 Å². The average Bonchev–Trinajstić information content (AvgIpc) is 2.43. The van der Waals surface area contributed by atoms with Crippen molar-refractivity contribution in [3.8, 4) is 0 Å². The van der Waals surface area contributed by atoms with Crippen molar-refractivity contribution in [2.24, 2.45) is 5.92 Å². The topological polar surface area (TPSA) is 29.1 Å². The van der Waals surface area contributed by atoms with Gasteiger partial charge in [-0.25, -0.2) is 0 Å². The molecule has 1 saturated heterocycles. The zero-order valence-electron chi connectivity index (χ0n) is 8.22. The number of amides is 1. The molecular formula is C11H19NO. The fraction of sp³-hybridized carbons (Fsp3) is 0.909. The summed E-state index contributed by atoms with van der Waals surface area (Å²) < 4.78 is 0. The highest BCUT2D eigenvalue weighted by molar-refractivity contribution is 5.78. The molecular weight excluding hydrogens is 162 g/mol. The molecule has 0 radical (unpaired) electrons. The number of nitrogens with one attached hydrogen (secondary N) is 1. The van der Waals surface area contributed by atoms with Crippen LogP contribution in [0, 0.1) is 5.92 Å². The van der Waals surface area contributed by atoms with Crippen LogP contribution in [-0.4, -0.2) is 11.9 Å². The molecule has 13 heavy (non-hydrogen) atoms. The average molecular weight is 181 g/mol. The van der Waals surface area contributed by atoms with Crippen LogP contribution in [-0.2, 0) is 4.79 Å². The highest BCUT2D eigenvalue weighted by Crippen LogP contribution is 2.29. The van der Waals surface area contributed by atoms with Crippen molar-refractivity contribution in [1.82, 2.24) is 5.32 Å². The first-order chi connectivity index (χ1) is 6.36. The van der Waals surface area contributed by atoms with Gasteiger partial charge in [-0.05, 0) is 25.2 Å². The van der Waals surface area contributed by atoms with E-state index in [0.29, 0.717) is 6.04 Å². The zero-order chi connectivity index (χ0) is 9.10. The second-order valence-corrected chi connectivity index (χ2v) is 4.46. The molecule has 0 aromatic carbocycles.